The fourth-order valence-corrected chi connectivity index (χ4v) is 4.24. The summed E-state index contributed by atoms with van der Waals surface area (Å²) in [5.41, 5.74) is 3.98. The van der Waals surface area contributed by atoms with Crippen LogP contribution in [0.3, 0.4) is 0 Å². The first-order valence-electron chi connectivity index (χ1n) is 11.0. The van der Waals surface area contributed by atoms with Crippen molar-refractivity contribution in [2.45, 2.75) is 44.9 Å². The minimum Gasteiger partial charge on any atom is -0.342 e. The maximum atomic E-state index is 12.7. The second kappa shape index (κ2) is 10.0. The van der Waals surface area contributed by atoms with Crippen LogP contribution < -0.4 is 0 Å². The number of carbonyl (C=O) groups excluding carboxylic acids is 1. The fourth-order valence-electron chi connectivity index (χ4n) is 4.11. The molecular weight excluding hydrogens is 408 g/mol. The van der Waals surface area contributed by atoms with Gasteiger partial charge in [-0.1, -0.05) is 24.9 Å². The second-order valence-electron chi connectivity index (χ2n) is 8.02. The van der Waals surface area contributed by atoms with Crippen molar-refractivity contribution in [3.63, 3.8) is 0 Å². The zero-order valence-corrected chi connectivity index (χ0v) is 18.6. The normalized spacial score (nSPS) is 16.3. The highest BCUT2D eigenvalue weighted by atomic mass is 35.5. The third kappa shape index (κ3) is 5.10. The number of hydrogen-bond donors (Lipinski definition) is 0. The topological polar surface area (TPSA) is 59.0 Å². The van der Waals surface area contributed by atoms with Gasteiger partial charge >= 0.3 is 0 Å². The van der Waals surface area contributed by atoms with Gasteiger partial charge in [0.05, 0.1) is 5.69 Å². The van der Waals surface area contributed by atoms with Crippen LogP contribution in [0.4, 0.5) is 0 Å². The van der Waals surface area contributed by atoms with E-state index in [0.29, 0.717) is 23.8 Å². The van der Waals surface area contributed by atoms with Gasteiger partial charge in [0.2, 0.25) is 5.91 Å². The van der Waals surface area contributed by atoms with Crippen molar-refractivity contribution >= 4 is 17.5 Å². The number of amides is 1. The zero-order valence-electron chi connectivity index (χ0n) is 17.8. The molecule has 0 aliphatic carbocycles. The first kappa shape index (κ1) is 21.4. The van der Waals surface area contributed by atoms with Crippen molar-refractivity contribution in [2.75, 3.05) is 13.1 Å². The van der Waals surface area contributed by atoms with E-state index in [1.807, 2.05) is 47.5 Å². The van der Waals surface area contributed by atoms with E-state index in [1.165, 1.54) is 0 Å². The van der Waals surface area contributed by atoms with Crippen LogP contribution in [-0.2, 0) is 4.79 Å². The minimum absolute atomic E-state index is 0.177. The standard InChI is InChI=1S/C25H27ClN4O/c1-2-3-6-23(31)30-15-4-5-20(17-30)24-22(18-11-13-27-14-12-18)16-28-25(29-24)19-7-9-21(26)10-8-19/h7-14,16,20H,2-6,15,17H2,1H3. The Morgan fingerprint density at radius 1 is 1.13 bits per heavy atom. The number of hydrogen-bond acceptors (Lipinski definition) is 4. The van der Waals surface area contributed by atoms with E-state index >= 15 is 0 Å². The molecule has 0 radical (unpaired) electrons. The number of halogens is 1. The Balaban J connectivity index is 1.70. The smallest absolute Gasteiger partial charge is 0.222 e. The average molecular weight is 435 g/mol. The summed E-state index contributed by atoms with van der Waals surface area (Å²) in [7, 11) is 0. The summed E-state index contributed by atoms with van der Waals surface area (Å²) in [5.74, 6) is 1.11. The van der Waals surface area contributed by atoms with E-state index in [2.05, 4.69) is 16.9 Å². The number of carbonyl (C=O) groups is 1. The third-order valence-corrected chi connectivity index (χ3v) is 6.07. The Labute approximate surface area is 188 Å². The molecule has 1 aliphatic heterocycles. The van der Waals surface area contributed by atoms with E-state index in [1.54, 1.807) is 12.4 Å². The van der Waals surface area contributed by atoms with Gasteiger partial charge in [0.15, 0.2) is 5.82 Å². The van der Waals surface area contributed by atoms with Gasteiger partial charge in [-0.15, -0.1) is 0 Å². The highest BCUT2D eigenvalue weighted by molar-refractivity contribution is 6.30. The largest absolute Gasteiger partial charge is 0.342 e. The molecule has 6 heteroatoms. The van der Waals surface area contributed by atoms with Crippen LogP contribution in [0.25, 0.3) is 22.5 Å². The van der Waals surface area contributed by atoms with Crippen molar-refractivity contribution in [2.24, 2.45) is 0 Å². The van der Waals surface area contributed by atoms with E-state index in [-0.39, 0.29) is 11.8 Å². The summed E-state index contributed by atoms with van der Waals surface area (Å²) in [6, 6.07) is 11.6. The molecule has 1 aromatic carbocycles. The van der Waals surface area contributed by atoms with Gasteiger partial charge in [0.25, 0.3) is 0 Å². The lowest BCUT2D eigenvalue weighted by Gasteiger charge is -2.33. The van der Waals surface area contributed by atoms with E-state index in [0.717, 1.165) is 54.6 Å². The summed E-state index contributed by atoms with van der Waals surface area (Å²) >= 11 is 6.06. The summed E-state index contributed by atoms with van der Waals surface area (Å²) in [5, 5.41) is 0.686. The number of unbranched alkanes of at least 4 members (excludes halogenated alkanes) is 1. The Hall–Kier alpha value is -2.79. The van der Waals surface area contributed by atoms with E-state index in [9.17, 15) is 4.79 Å². The molecule has 160 valence electrons. The SMILES string of the molecule is CCCCC(=O)N1CCCC(c2nc(-c3ccc(Cl)cc3)ncc2-c2ccncc2)C1. The van der Waals surface area contributed by atoms with Crippen LogP contribution in [0.1, 0.15) is 50.6 Å². The highest BCUT2D eigenvalue weighted by Crippen LogP contribution is 2.34. The molecule has 5 nitrogen and oxygen atoms in total. The molecule has 0 N–H and O–H groups in total. The summed E-state index contributed by atoms with van der Waals surface area (Å²) < 4.78 is 0. The average Bonchev–Trinajstić information content (AvgIpc) is 2.83. The number of nitrogens with zero attached hydrogens (tertiary/aromatic N) is 4. The van der Waals surface area contributed by atoms with Crippen LogP contribution in [0, 0.1) is 0 Å². The molecule has 1 fully saturated rings. The van der Waals surface area contributed by atoms with E-state index in [4.69, 9.17) is 16.6 Å². The van der Waals surface area contributed by atoms with Crippen molar-refractivity contribution in [3.8, 4) is 22.5 Å². The molecule has 4 rings (SSSR count). The van der Waals surface area contributed by atoms with Gasteiger partial charge in [0.1, 0.15) is 0 Å². The van der Waals surface area contributed by atoms with Gasteiger partial charge in [0, 0.05) is 60.2 Å². The molecule has 1 atom stereocenters. The lowest BCUT2D eigenvalue weighted by atomic mass is 9.89. The van der Waals surface area contributed by atoms with Crippen LogP contribution in [0.5, 0.6) is 0 Å². The van der Waals surface area contributed by atoms with Gasteiger partial charge in [-0.25, -0.2) is 9.97 Å². The summed E-state index contributed by atoms with van der Waals surface area (Å²) in [6.07, 6.45) is 10.1. The first-order chi connectivity index (χ1) is 15.2. The second-order valence-corrected chi connectivity index (χ2v) is 8.45. The van der Waals surface area contributed by atoms with Gasteiger partial charge in [-0.05, 0) is 61.2 Å². The molecule has 31 heavy (non-hydrogen) atoms. The predicted molar refractivity (Wildman–Crippen MR) is 124 cm³/mol. The minimum atomic E-state index is 0.177. The van der Waals surface area contributed by atoms with Crippen LogP contribution in [0.15, 0.2) is 55.0 Å². The zero-order chi connectivity index (χ0) is 21.6. The summed E-state index contributed by atoms with van der Waals surface area (Å²) in [6.45, 7) is 3.66. The van der Waals surface area contributed by atoms with Gasteiger partial charge < -0.3 is 4.90 Å². The number of rotatable bonds is 6. The predicted octanol–water partition coefficient (Wildman–Crippen LogP) is 5.76. The number of benzene rings is 1. The van der Waals surface area contributed by atoms with E-state index < -0.39 is 0 Å². The number of likely N-dealkylation sites (tertiary alicyclic amines) is 1. The van der Waals surface area contributed by atoms with Crippen molar-refractivity contribution in [1.29, 1.82) is 0 Å². The fraction of sp³-hybridized carbons (Fsp3) is 0.360. The molecule has 1 aliphatic rings. The molecule has 0 spiro atoms. The molecule has 1 saturated heterocycles. The molecule has 3 heterocycles. The van der Waals surface area contributed by atoms with Crippen LogP contribution >= 0.6 is 11.6 Å². The molecule has 1 unspecified atom stereocenters. The number of piperidine rings is 1. The van der Waals surface area contributed by atoms with Crippen molar-refractivity contribution in [3.05, 3.63) is 65.7 Å². The lowest BCUT2D eigenvalue weighted by Crippen LogP contribution is -2.39. The van der Waals surface area contributed by atoms with Crippen LogP contribution in [-0.4, -0.2) is 38.8 Å². The molecule has 3 aromatic rings. The summed E-state index contributed by atoms with van der Waals surface area (Å²) in [4.78, 5) is 28.5. The van der Waals surface area contributed by atoms with Gasteiger partial charge in [-0.3, -0.25) is 9.78 Å². The Morgan fingerprint density at radius 2 is 1.90 bits per heavy atom. The molecule has 0 saturated carbocycles. The Bertz CT molecular complexity index is 1020. The maximum absolute atomic E-state index is 12.7. The Kier molecular flexibility index (Phi) is 6.92. The number of pyridine rings is 1. The maximum Gasteiger partial charge on any atom is 0.222 e. The Morgan fingerprint density at radius 3 is 2.65 bits per heavy atom. The van der Waals surface area contributed by atoms with Crippen LogP contribution in [0.2, 0.25) is 5.02 Å². The first-order valence-corrected chi connectivity index (χ1v) is 11.3. The molecular formula is C25H27ClN4O. The molecule has 1 amide bonds. The third-order valence-electron chi connectivity index (χ3n) is 5.82. The molecule has 2 aromatic heterocycles. The lowest BCUT2D eigenvalue weighted by molar-refractivity contribution is -0.132. The number of aromatic nitrogens is 3. The molecule has 0 bridgehead atoms. The van der Waals surface area contributed by atoms with Crippen molar-refractivity contribution in [1.82, 2.24) is 19.9 Å². The monoisotopic (exact) mass is 434 g/mol. The van der Waals surface area contributed by atoms with Crippen molar-refractivity contribution < 1.29 is 4.79 Å². The highest BCUT2D eigenvalue weighted by Gasteiger charge is 2.28. The van der Waals surface area contributed by atoms with Gasteiger partial charge in [-0.2, -0.15) is 0 Å². The quantitative estimate of drug-likeness (QED) is 0.495.